The molecule has 8 nitrogen and oxygen atoms in total. The number of hydrogen-bond acceptors (Lipinski definition) is 7. The molecule has 1 fully saturated rings. The third-order valence-electron chi connectivity index (χ3n) is 4.93. The number of benzene rings is 1. The number of aryl methyl sites for hydroxylation is 1. The van der Waals surface area contributed by atoms with Crippen molar-refractivity contribution in [3.63, 3.8) is 0 Å². The third-order valence-corrected chi connectivity index (χ3v) is 7.70. The smallest absolute Gasteiger partial charge is 0.243 e. The lowest BCUT2D eigenvalue weighted by Crippen LogP contribution is -2.41. The van der Waals surface area contributed by atoms with Crippen LogP contribution in [0.3, 0.4) is 0 Å². The maximum Gasteiger partial charge on any atom is 0.243 e. The number of aromatic nitrogens is 1. The zero-order chi connectivity index (χ0) is 21.2. The summed E-state index contributed by atoms with van der Waals surface area (Å²) in [7, 11) is -3.68. The van der Waals surface area contributed by atoms with Crippen LogP contribution >= 0.6 is 11.5 Å². The summed E-state index contributed by atoms with van der Waals surface area (Å²) in [6.07, 6.45) is 0.770. The van der Waals surface area contributed by atoms with E-state index in [0.29, 0.717) is 34.7 Å². The van der Waals surface area contributed by atoms with Crippen molar-refractivity contribution >= 4 is 38.2 Å². The van der Waals surface area contributed by atoms with Gasteiger partial charge in [0.05, 0.1) is 10.6 Å². The zero-order valence-electron chi connectivity index (χ0n) is 16.0. The molecule has 0 radical (unpaired) electrons. The molecule has 1 aromatic heterocycles. The van der Waals surface area contributed by atoms with Crippen molar-refractivity contribution < 1.29 is 18.0 Å². The van der Waals surface area contributed by atoms with E-state index in [4.69, 9.17) is 5.26 Å². The van der Waals surface area contributed by atoms with Crippen LogP contribution in [-0.4, -0.2) is 41.9 Å². The molecule has 1 N–H and O–H groups in total. The van der Waals surface area contributed by atoms with E-state index in [9.17, 15) is 18.0 Å². The Kier molecular flexibility index (Phi) is 6.12. The van der Waals surface area contributed by atoms with Gasteiger partial charge in [0.25, 0.3) is 0 Å². The van der Waals surface area contributed by atoms with Crippen molar-refractivity contribution in [3.05, 3.63) is 41.1 Å². The molecule has 10 heteroatoms. The van der Waals surface area contributed by atoms with Gasteiger partial charge in [-0.15, -0.1) is 0 Å². The van der Waals surface area contributed by atoms with E-state index in [1.165, 1.54) is 35.5 Å². The number of sulfonamides is 1. The molecule has 1 aliphatic heterocycles. The van der Waals surface area contributed by atoms with Gasteiger partial charge < -0.3 is 5.32 Å². The molecule has 0 spiro atoms. The Morgan fingerprint density at radius 1 is 1.24 bits per heavy atom. The number of carbonyl (C=O) groups excluding carboxylic acids is 2. The van der Waals surface area contributed by atoms with Crippen molar-refractivity contribution in [2.45, 2.75) is 31.6 Å². The first kappa shape index (κ1) is 21.1. The quantitative estimate of drug-likeness (QED) is 0.725. The van der Waals surface area contributed by atoms with Crippen LogP contribution in [0.4, 0.5) is 5.00 Å². The summed E-state index contributed by atoms with van der Waals surface area (Å²) in [5.74, 6) is -0.694. The van der Waals surface area contributed by atoms with Crippen molar-refractivity contribution in [3.8, 4) is 6.07 Å². The largest absolute Gasteiger partial charge is 0.315 e. The maximum atomic E-state index is 12.8. The lowest BCUT2D eigenvalue weighted by molar-refractivity contribution is -0.120. The summed E-state index contributed by atoms with van der Waals surface area (Å²) < 4.78 is 31.1. The fourth-order valence-electron chi connectivity index (χ4n) is 3.17. The second-order valence-corrected chi connectivity index (χ2v) is 9.54. The van der Waals surface area contributed by atoms with Crippen LogP contribution < -0.4 is 5.32 Å². The molecule has 29 heavy (non-hydrogen) atoms. The van der Waals surface area contributed by atoms with Crippen LogP contribution in [-0.2, 0) is 14.8 Å². The Bertz CT molecular complexity index is 1080. The Labute approximate surface area is 173 Å². The predicted octanol–water partition coefficient (Wildman–Crippen LogP) is 2.57. The Balaban J connectivity index is 1.64. The van der Waals surface area contributed by atoms with Gasteiger partial charge in [-0.25, -0.2) is 8.42 Å². The molecule has 3 rings (SSSR count). The number of anilines is 1. The molecule has 1 amide bonds. The minimum Gasteiger partial charge on any atom is -0.315 e. The number of ketones is 1. The van der Waals surface area contributed by atoms with Gasteiger partial charge in [-0.3, -0.25) is 9.59 Å². The van der Waals surface area contributed by atoms with Gasteiger partial charge >= 0.3 is 0 Å². The number of hydrogen-bond donors (Lipinski definition) is 1. The van der Waals surface area contributed by atoms with Crippen molar-refractivity contribution in [2.75, 3.05) is 18.4 Å². The number of Topliss-reactive ketones (excluding diaryl/α,β-unsaturated/α-hetero) is 1. The van der Waals surface area contributed by atoms with Crippen molar-refractivity contribution in [1.82, 2.24) is 8.68 Å². The van der Waals surface area contributed by atoms with Gasteiger partial charge in [-0.2, -0.15) is 13.9 Å². The molecule has 0 aliphatic carbocycles. The Morgan fingerprint density at radius 2 is 1.86 bits per heavy atom. The molecule has 152 valence electrons. The van der Waals surface area contributed by atoms with E-state index in [1.807, 2.05) is 6.07 Å². The second kappa shape index (κ2) is 8.41. The van der Waals surface area contributed by atoms with Crippen LogP contribution in [0.1, 0.15) is 41.4 Å². The predicted molar refractivity (Wildman–Crippen MR) is 108 cm³/mol. The maximum absolute atomic E-state index is 12.8. The number of rotatable bonds is 5. The van der Waals surface area contributed by atoms with Crippen LogP contribution in [0.2, 0.25) is 0 Å². The van der Waals surface area contributed by atoms with E-state index in [0.717, 1.165) is 11.5 Å². The SMILES string of the molecule is CC(=O)c1ccc(S(=O)(=O)N2CCC(C(=O)Nc3snc(C)c3C#N)CC2)cc1. The molecular weight excluding hydrogens is 412 g/mol. The van der Waals surface area contributed by atoms with E-state index in [-0.39, 0.29) is 35.6 Å². The minimum atomic E-state index is -3.68. The number of nitriles is 1. The third kappa shape index (κ3) is 4.37. The highest BCUT2D eigenvalue weighted by atomic mass is 32.2. The van der Waals surface area contributed by atoms with Gasteiger partial charge in [-0.1, -0.05) is 12.1 Å². The molecule has 0 atom stereocenters. The molecule has 0 bridgehead atoms. The first-order valence-corrected chi connectivity index (χ1v) is 11.2. The number of nitrogens with zero attached hydrogens (tertiary/aromatic N) is 3. The highest BCUT2D eigenvalue weighted by Crippen LogP contribution is 2.28. The lowest BCUT2D eigenvalue weighted by atomic mass is 9.97. The second-order valence-electron chi connectivity index (χ2n) is 6.83. The molecule has 0 unspecified atom stereocenters. The van der Waals surface area contributed by atoms with Gasteiger partial charge in [0, 0.05) is 24.6 Å². The Hall–Kier alpha value is -2.61. The molecule has 0 saturated carbocycles. The van der Waals surface area contributed by atoms with Crippen molar-refractivity contribution in [2.24, 2.45) is 5.92 Å². The molecule has 1 saturated heterocycles. The summed E-state index contributed by atoms with van der Waals surface area (Å²) in [6.45, 7) is 3.58. The van der Waals surface area contributed by atoms with Gasteiger partial charge in [0.1, 0.15) is 16.6 Å². The van der Waals surface area contributed by atoms with Crippen molar-refractivity contribution in [1.29, 1.82) is 5.26 Å². The zero-order valence-corrected chi connectivity index (χ0v) is 17.6. The normalized spacial score (nSPS) is 15.6. The Morgan fingerprint density at radius 3 is 2.41 bits per heavy atom. The van der Waals surface area contributed by atoms with Crippen LogP contribution in [0.25, 0.3) is 0 Å². The van der Waals surface area contributed by atoms with E-state index in [2.05, 4.69) is 9.69 Å². The van der Waals surface area contributed by atoms with E-state index in [1.54, 1.807) is 6.92 Å². The number of carbonyl (C=O) groups is 2. The summed E-state index contributed by atoms with van der Waals surface area (Å²) in [5, 5.41) is 12.3. The summed E-state index contributed by atoms with van der Waals surface area (Å²) >= 11 is 1.06. The van der Waals surface area contributed by atoms with Gasteiger partial charge in [0.15, 0.2) is 5.78 Å². The monoisotopic (exact) mass is 432 g/mol. The number of amides is 1. The first-order chi connectivity index (χ1) is 13.7. The van der Waals surface area contributed by atoms with Gasteiger partial charge in [-0.05, 0) is 50.4 Å². The number of piperidine rings is 1. The first-order valence-electron chi connectivity index (χ1n) is 9.02. The summed E-state index contributed by atoms with van der Waals surface area (Å²) in [5.41, 5.74) is 1.39. The summed E-state index contributed by atoms with van der Waals surface area (Å²) in [6, 6.07) is 7.89. The number of nitrogens with one attached hydrogen (secondary N) is 1. The highest BCUT2D eigenvalue weighted by molar-refractivity contribution is 7.89. The molecule has 1 aliphatic rings. The highest BCUT2D eigenvalue weighted by Gasteiger charge is 2.32. The summed E-state index contributed by atoms with van der Waals surface area (Å²) in [4.78, 5) is 24.0. The van der Waals surface area contributed by atoms with E-state index >= 15 is 0 Å². The molecule has 2 heterocycles. The fourth-order valence-corrected chi connectivity index (χ4v) is 5.39. The fraction of sp³-hybridized carbons (Fsp3) is 0.368. The van der Waals surface area contributed by atoms with Crippen LogP contribution in [0, 0.1) is 24.2 Å². The molecular formula is C19H20N4O4S2. The standard InChI is InChI=1S/C19H20N4O4S2/c1-12-17(11-20)19(28-22-12)21-18(25)15-7-9-23(10-8-15)29(26,27)16-5-3-14(4-6-16)13(2)24/h3-6,15H,7-10H2,1-2H3,(H,21,25). The molecule has 2 aromatic rings. The minimum absolute atomic E-state index is 0.128. The topological polar surface area (TPSA) is 120 Å². The lowest BCUT2D eigenvalue weighted by Gasteiger charge is -2.30. The van der Waals surface area contributed by atoms with Crippen LogP contribution in [0.15, 0.2) is 29.2 Å². The average molecular weight is 433 g/mol. The van der Waals surface area contributed by atoms with Crippen LogP contribution in [0.5, 0.6) is 0 Å². The average Bonchev–Trinajstić information content (AvgIpc) is 3.07. The molecule has 1 aromatic carbocycles. The van der Waals surface area contributed by atoms with Gasteiger partial charge in [0.2, 0.25) is 15.9 Å². The van der Waals surface area contributed by atoms with E-state index < -0.39 is 10.0 Å².